The number of carboxylic acids is 1. The molecule has 1 saturated heterocycles. The van der Waals surface area contributed by atoms with E-state index in [1.807, 2.05) is 0 Å². The summed E-state index contributed by atoms with van der Waals surface area (Å²) >= 11 is 0. The Kier molecular flexibility index (Phi) is 1.20. The van der Waals surface area contributed by atoms with E-state index in [1.54, 1.807) is 0 Å². The highest BCUT2D eigenvalue weighted by molar-refractivity contribution is 5.70. The molecular formula is C7H10O3. The molecule has 0 unspecified atom stereocenters. The van der Waals surface area contributed by atoms with E-state index in [9.17, 15) is 4.79 Å². The average molecular weight is 142 g/mol. The van der Waals surface area contributed by atoms with Crippen LogP contribution in [0.15, 0.2) is 0 Å². The maximum Gasteiger partial charge on any atom is 0.306 e. The number of hydrogen-bond donors (Lipinski definition) is 1. The third-order valence-corrected chi connectivity index (χ3v) is 2.35. The number of ether oxygens (including phenoxy) is 1. The molecule has 0 aromatic heterocycles. The molecule has 1 N–H and O–H groups in total. The molecule has 1 aliphatic carbocycles. The van der Waals surface area contributed by atoms with Crippen molar-refractivity contribution in [2.24, 2.45) is 5.92 Å². The van der Waals surface area contributed by atoms with Crippen molar-refractivity contribution in [3.63, 3.8) is 0 Å². The highest BCUT2D eigenvalue weighted by Crippen LogP contribution is 2.39. The van der Waals surface area contributed by atoms with Crippen molar-refractivity contribution in [1.29, 1.82) is 0 Å². The largest absolute Gasteiger partial charge is 0.481 e. The van der Waals surface area contributed by atoms with Gasteiger partial charge in [0.1, 0.15) is 0 Å². The van der Waals surface area contributed by atoms with Gasteiger partial charge < -0.3 is 9.84 Å². The molecule has 0 bridgehead atoms. The first kappa shape index (κ1) is 6.16. The molecule has 3 heteroatoms. The zero-order valence-electron chi connectivity index (χ0n) is 5.62. The highest BCUT2D eigenvalue weighted by Gasteiger charge is 2.45. The molecule has 0 amide bonds. The lowest BCUT2D eigenvalue weighted by Crippen LogP contribution is -2.21. The van der Waals surface area contributed by atoms with Crippen molar-refractivity contribution >= 4 is 5.97 Å². The zero-order chi connectivity index (χ0) is 7.14. The standard InChI is InChI=1S/C7H10O3/c8-7(9)4-1-2-5-6(3-4)10-5/h4-6H,1-3H2,(H,8,9)/t4-,5-,6-/m1/s1. The average Bonchev–Trinajstić information content (AvgIpc) is 2.63. The van der Waals surface area contributed by atoms with Gasteiger partial charge in [-0.1, -0.05) is 0 Å². The molecule has 1 heterocycles. The number of hydrogen-bond acceptors (Lipinski definition) is 2. The summed E-state index contributed by atoms with van der Waals surface area (Å²) in [6.45, 7) is 0. The molecule has 10 heavy (non-hydrogen) atoms. The Balaban J connectivity index is 1.94. The second-order valence-electron chi connectivity index (χ2n) is 3.06. The molecule has 2 aliphatic rings. The summed E-state index contributed by atoms with van der Waals surface area (Å²) in [5.74, 6) is -0.794. The fraction of sp³-hybridized carbons (Fsp3) is 0.857. The molecule has 1 saturated carbocycles. The van der Waals surface area contributed by atoms with Crippen molar-refractivity contribution in [3.05, 3.63) is 0 Å². The maximum absolute atomic E-state index is 10.5. The minimum absolute atomic E-state index is 0.135. The van der Waals surface area contributed by atoms with Crippen LogP contribution < -0.4 is 0 Å². The molecule has 0 aromatic rings. The van der Waals surface area contributed by atoms with E-state index in [0.29, 0.717) is 6.10 Å². The van der Waals surface area contributed by atoms with Crippen LogP contribution in [-0.2, 0) is 9.53 Å². The zero-order valence-corrected chi connectivity index (χ0v) is 5.62. The lowest BCUT2D eigenvalue weighted by atomic mass is 9.90. The highest BCUT2D eigenvalue weighted by atomic mass is 16.6. The topological polar surface area (TPSA) is 49.8 Å². The normalized spacial score (nSPS) is 44.2. The van der Waals surface area contributed by atoms with Gasteiger partial charge in [0.2, 0.25) is 0 Å². The van der Waals surface area contributed by atoms with E-state index < -0.39 is 5.97 Å². The summed E-state index contributed by atoms with van der Waals surface area (Å²) in [5.41, 5.74) is 0. The fourth-order valence-corrected chi connectivity index (χ4v) is 1.63. The van der Waals surface area contributed by atoms with Crippen molar-refractivity contribution in [3.8, 4) is 0 Å². The van der Waals surface area contributed by atoms with Gasteiger partial charge in [0.05, 0.1) is 18.1 Å². The van der Waals surface area contributed by atoms with Crippen LogP contribution in [0.25, 0.3) is 0 Å². The van der Waals surface area contributed by atoms with Gasteiger partial charge in [-0.05, 0) is 19.3 Å². The molecule has 0 aromatic carbocycles. The van der Waals surface area contributed by atoms with Crippen molar-refractivity contribution in [2.45, 2.75) is 31.5 Å². The Morgan fingerprint density at radius 2 is 2.20 bits per heavy atom. The van der Waals surface area contributed by atoms with Crippen LogP contribution in [-0.4, -0.2) is 23.3 Å². The van der Waals surface area contributed by atoms with Crippen LogP contribution in [0.2, 0.25) is 0 Å². The first-order valence-corrected chi connectivity index (χ1v) is 3.65. The Labute approximate surface area is 59.0 Å². The van der Waals surface area contributed by atoms with Crippen LogP contribution >= 0.6 is 0 Å². The predicted octanol–water partition coefficient (Wildman–Crippen LogP) is 0.638. The smallest absolute Gasteiger partial charge is 0.306 e. The first-order valence-electron chi connectivity index (χ1n) is 3.65. The molecule has 2 fully saturated rings. The summed E-state index contributed by atoms with van der Waals surface area (Å²) in [6.07, 6.45) is 3.18. The summed E-state index contributed by atoms with van der Waals surface area (Å²) in [5, 5.41) is 8.62. The van der Waals surface area contributed by atoms with E-state index in [4.69, 9.17) is 9.84 Å². The Morgan fingerprint density at radius 1 is 1.40 bits per heavy atom. The van der Waals surface area contributed by atoms with Gasteiger partial charge >= 0.3 is 5.97 Å². The number of carboxylic acid groups (broad SMARTS) is 1. The molecule has 56 valence electrons. The van der Waals surface area contributed by atoms with Gasteiger partial charge in [-0.3, -0.25) is 4.79 Å². The maximum atomic E-state index is 10.5. The molecule has 1 aliphatic heterocycles. The van der Waals surface area contributed by atoms with Crippen LogP contribution in [0.3, 0.4) is 0 Å². The van der Waals surface area contributed by atoms with E-state index in [-0.39, 0.29) is 12.0 Å². The minimum atomic E-state index is -0.658. The van der Waals surface area contributed by atoms with Gasteiger partial charge in [-0.15, -0.1) is 0 Å². The monoisotopic (exact) mass is 142 g/mol. The minimum Gasteiger partial charge on any atom is -0.481 e. The van der Waals surface area contributed by atoms with Crippen molar-refractivity contribution < 1.29 is 14.6 Å². The molecular weight excluding hydrogens is 132 g/mol. The first-order chi connectivity index (χ1) is 4.77. The quantitative estimate of drug-likeness (QED) is 0.546. The molecule has 3 atom stereocenters. The van der Waals surface area contributed by atoms with Crippen molar-refractivity contribution in [2.75, 3.05) is 0 Å². The van der Waals surface area contributed by atoms with Crippen LogP contribution in [0.4, 0.5) is 0 Å². The molecule has 0 spiro atoms. The Hall–Kier alpha value is -0.570. The number of rotatable bonds is 1. The number of epoxide rings is 1. The summed E-state index contributed by atoms with van der Waals surface area (Å²) < 4.78 is 5.19. The Bertz CT molecular complexity index is 166. The van der Waals surface area contributed by atoms with Gasteiger partial charge in [0.15, 0.2) is 0 Å². The second-order valence-corrected chi connectivity index (χ2v) is 3.06. The number of carbonyl (C=O) groups is 1. The SMILES string of the molecule is O=C(O)[C@@H]1CC[C@H]2O[C@@H]2C1. The Morgan fingerprint density at radius 3 is 2.80 bits per heavy atom. The predicted molar refractivity (Wildman–Crippen MR) is 33.6 cm³/mol. The third kappa shape index (κ3) is 0.904. The van der Waals surface area contributed by atoms with Gasteiger partial charge in [-0.2, -0.15) is 0 Å². The van der Waals surface area contributed by atoms with Gasteiger partial charge in [0.25, 0.3) is 0 Å². The van der Waals surface area contributed by atoms with E-state index >= 15 is 0 Å². The van der Waals surface area contributed by atoms with Gasteiger partial charge in [0, 0.05) is 0 Å². The van der Waals surface area contributed by atoms with Crippen LogP contribution in [0.1, 0.15) is 19.3 Å². The molecule has 0 radical (unpaired) electrons. The molecule has 2 rings (SSSR count). The summed E-state index contributed by atoms with van der Waals surface area (Å²) in [7, 11) is 0. The fourth-order valence-electron chi connectivity index (χ4n) is 1.63. The van der Waals surface area contributed by atoms with E-state index in [1.165, 1.54) is 0 Å². The van der Waals surface area contributed by atoms with E-state index in [0.717, 1.165) is 19.3 Å². The third-order valence-electron chi connectivity index (χ3n) is 2.35. The van der Waals surface area contributed by atoms with Crippen LogP contribution in [0, 0.1) is 5.92 Å². The second kappa shape index (κ2) is 1.95. The summed E-state index contributed by atoms with van der Waals surface area (Å²) in [4.78, 5) is 10.5. The van der Waals surface area contributed by atoms with Gasteiger partial charge in [-0.25, -0.2) is 0 Å². The number of fused-ring (bicyclic) bond motifs is 1. The molecule has 3 nitrogen and oxygen atoms in total. The number of aliphatic carboxylic acids is 1. The lowest BCUT2D eigenvalue weighted by molar-refractivity contribution is -0.142. The summed E-state index contributed by atoms with van der Waals surface area (Å²) in [6, 6.07) is 0. The lowest BCUT2D eigenvalue weighted by Gasteiger charge is -2.12. The van der Waals surface area contributed by atoms with Crippen molar-refractivity contribution in [1.82, 2.24) is 0 Å². The van der Waals surface area contributed by atoms with E-state index in [2.05, 4.69) is 0 Å². The van der Waals surface area contributed by atoms with Crippen LogP contribution in [0.5, 0.6) is 0 Å².